The van der Waals surface area contributed by atoms with Crippen LogP contribution in [0.25, 0.3) is 0 Å². The van der Waals surface area contributed by atoms with E-state index in [1.165, 1.54) is 5.57 Å². The maximum Gasteiger partial charge on any atom is 0.0828 e. The van der Waals surface area contributed by atoms with Gasteiger partial charge in [0.15, 0.2) is 0 Å². The molecule has 52 valence electrons. The van der Waals surface area contributed by atoms with Crippen molar-refractivity contribution in [2.45, 2.75) is 38.9 Å². The Bertz CT molecular complexity index is 130. The first-order valence-electron chi connectivity index (χ1n) is 3.34. The lowest BCUT2D eigenvalue weighted by atomic mass is 10.2. The summed E-state index contributed by atoms with van der Waals surface area (Å²) in [5.41, 5.74) is 1.24. The molecule has 0 aromatic rings. The van der Waals surface area contributed by atoms with Crippen LogP contribution in [0.5, 0.6) is 0 Å². The first-order chi connectivity index (χ1) is 3.99. The largest absolute Gasteiger partial charge is 0.368 e. The van der Waals surface area contributed by atoms with Gasteiger partial charge in [-0.05, 0) is 26.3 Å². The van der Waals surface area contributed by atoms with Crippen LogP contribution in [0.1, 0.15) is 27.2 Å². The molecule has 0 spiro atoms. The molecular formula is C8H14O. The molecule has 0 unspecified atom stereocenters. The van der Waals surface area contributed by atoms with Gasteiger partial charge in [0.05, 0.1) is 11.7 Å². The van der Waals surface area contributed by atoms with Crippen molar-refractivity contribution in [3.05, 3.63) is 12.2 Å². The molecule has 0 N–H and O–H groups in total. The predicted octanol–water partition coefficient (Wildman–Crippen LogP) is 2.13. The molecule has 1 fully saturated rings. The number of hydrogen-bond acceptors (Lipinski definition) is 1. The van der Waals surface area contributed by atoms with Gasteiger partial charge in [-0.3, -0.25) is 0 Å². The zero-order chi connectivity index (χ0) is 7.07. The molecule has 1 aliphatic carbocycles. The third-order valence-electron chi connectivity index (χ3n) is 1.24. The average molecular weight is 126 g/mol. The molecule has 1 saturated carbocycles. The van der Waals surface area contributed by atoms with Gasteiger partial charge >= 0.3 is 0 Å². The Morgan fingerprint density at radius 1 is 1.56 bits per heavy atom. The molecule has 1 nitrogen and oxygen atoms in total. The number of ether oxygens (including phenoxy) is 1. The van der Waals surface area contributed by atoms with E-state index >= 15 is 0 Å². The van der Waals surface area contributed by atoms with Gasteiger partial charge in [-0.15, -0.1) is 0 Å². The topological polar surface area (TPSA) is 9.23 Å². The molecule has 1 heteroatoms. The molecule has 0 bridgehead atoms. The van der Waals surface area contributed by atoms with Crippen LogP contribution in [0.2, 0.25) is 0 Å². The fraction of sp³-hybridized carbons (Fsp3) is 0.750. The van der Waals surface area contributed by atoms with E-state index in [4.69, 9.17) is 4.74 Å². The Hall–Kier alpha value is -0.300. The lowest BCUT2D eigenvalue weighted by Crippen LogP contribution is -2.20. The van der Waals surface area contributed by atoms with Gasteiger partial charge in [0, 0.05) is 6.42 Å². The van der Waals surface area contributed by atoms with E-state index in [1.54, 1.807) is 0 Å². The fourth-order valence-corrected chi connectivity index (χ4v) is 0.731. The molecular weight excluding hydrogens is 112 g/mol. The van der Waals surface area contributed by atoms with Gasteiger partial charge in [-0.1, -0.05) is 6.58 Å². The summed E-state index contributed by atoms with van der Waals surface area (Å²) >= 11 is 0. The Balaban J connectivity index is 2.27. The second-order valence-electron chi connectivity index (χ2n) is 3.58. The molecule has 0 heterocycles. The van der Waals surface area contributed by atoms with Crippen LogP contribution in [-0.2, 0) is 4.74 Å². The highest BCUT2D eigenvalue weighted by Gasteiger charge is 2.32. The van der Waals surface area contributed by atoms with E-state index in [2.05, 4.69) is 27.4 Å². The van der Waals surface area contributed by atoms with Gasteiger partial charge < -0.3 is 4.74 Å². The monoisotopic (exact) mass is 126 g/mol. The van der Waals surface area contributed by atoms with Crippen LogP contribution < -0.4 is 0 Å². The molecule has 0 radical (unpaired) electrons. The lowest BCUT2D eigenvalue weighted by molar-refractivity contribution is -0.00953. The van der Waals surface area contributed by atoms with E-state index < -0.39 is 0 Å². The molecule has 1 atom stereocenters. The van der Waals surface area contributed by atoms with Crippen LogP contribution in [0, 0.1) is 0 Å². The molecule has 0 amide bonds. The quantitative estimate of drug-likeness (QED) is 0.489. The smallest absolute Gasteiger partial charge is 0.0828 e. The molecule has 0 aromatic heterocycles. The second kappa shape index (κ2) is 1.84. The summed E-state index contributed by atoms with van der Waals surface area (Å²) in [6.45, 7) is 10.0. The van der Waals surface area contributed by atoms with Crippen molar-refractivity contribution < 1.29 is 4.74 Å². The molecule has 0 aliphatic heterocycles. The zero-order valence-corrected chi connectivity index (χ0v) is 6.40. The van der Waals surface area contributed by atoms with Crippen molar-refractivity contribution in [1.82, 2.24) is 0 Å². The van der Waals surface area contributed by atoms with Crippen LogP contribution in [0.3, 0.4) is 0 Å². The van der Waals surface area contributed by atoms with E-state index in [-0.39, 0.29) is 5.60 Å². The molecule has 0 saturated heterocycles. The summed E-state index contributed by atoms with van der Waals surface area (Å²) in [5.74, 6) is 0. The molecule has 0 aromatic carbocycles. The zero-order valence-electron chi connectivity index (χ0n) is 6.40. The summed E-state index contributed by atoms with van der Waals surface area (Å²) < 4.78 is 5.56. The summed E-state index contributed by atoms with van der Waals surface area (Å²) in [6, 6.07) is 0. The number of hydrogen-bond donors (Lipinski definition) is 0. The summed E-state index contributed by atoms with van der Waals surface area (Å²) in [5, 5.41) is 0. The van der Waals surface area contributed by atoms with Gasteiger partial charge in [-0.2, -0.15) is 0 Å². The lowest BCUT2D eigenvalue weighted by Gasteiger charge is -2.18. The van der Waals surface area contributed by atoms with Crippen molar-refractivity contribution >= 4 is 0 Å². The maximum absolute atomic E-state index is 5.56. The molecule has 9 heavy (non-hydrogen) atoms. The van der Waals surface area contributed by atoms with Crippen molar-refractivity contribution in [2.75, 3.05) is 0 Å². The van der Waals surface area contributed by atoms with Crippen LogP contribution in [-0.4, -0.2) is 11.7 Å². The van der Waals surface area contributed by atoms with E-state index in [0.29, 0.717) is 6.10 Å². The second-order valence-corrected chi connectivity index (χ2v) is 3.58. The maximum atomic E-state index is 5.56. The van der Waals surface area contributed by atoms with Gasteiger partial charge in [-0.25, -0.2) is 0 Å². The highest BCUT2D eigenvalue weighted by Crippen LogP contribution is 2.33. The van der Waals surface area contributed by atoms with Crippen molar-refractivity contribution in [1.29, 1.82) is 0 Å². The van der Waals surface area contributed by atoms with Crippen LogP contribution >= 0.6 is 0 Å². The minimum Gasteiger partial charge on any atom is -0.368 e. The van der Waals surface area contributed by atoms with Gasteiger partial charge in [0.1, 0.15) is 0 Å². The van der Waals surface area contributed by atoms with Gasteiger partial charge in [0.25, 0.3) is 0 Å². The molecule has 1 aliphatic rings. The third-order valence-corrected chi connectivity index (χ3v) is 1.24. The minimum atomic E-state index is 0.00407. The fourth-order valence-electron chi connectivity index (χ4n) is 0.731. The van der Waals surface area contributed by atoms with Crippen molar-refractivity contribution in [2.24, 2.45) is 0 Å². The van der Waals surface area contributed by atoms with Crippen LogP contribution in [0.15, 0.2) is 12.2 Å². The third kappa shape index (κ3) is 2.19. The van der Waals surface area contributed by atoms with E-state index in [0.717, 1.165) is 6.42 Å². The van der Waals surface area contributed by atoms with Gasteiger partial charge in [0.2, 0.25) is 0 Å². The number of rotatable bonds is 1. The normalized spacial score (nSPS) is 26.6. The summed E-state index contributed by atoms with van der Waals surface area (Å²) in [7, 11) is 0. The standard InChI is InChI=1S/C8H14O/c1-6-5-7(6)9-8(2,3)4/h7H,1,5H2,2-4H3/t7-/m1/s1. The molecule has 1 rings (SSSR count). The Morgan fingerprint density at radius 2 is 2.00 bits per heavy atom. The highest BCUT2D eigenvalue weighted by atomic mass is 16.5. The van der Waals surface area contributed by atoms with E-state index in [1.807, 2.05) is 0 Å². The van der Waals surface area contributed by atoms with E-state index in [9.17, 15) is 0 Å². The first-order valence-corrected chi connectivity index (χ1v) is 3.34. The minimum absolute atomic E-state index is 0.00407. The summed E-state index contributed by atoms with van der Waals surface area (Å²) in [6.07, 6.45) is 1.43. The summed E-state index contributed by atoms with van der Waals surface area (Å²) in [4.78, 5) is 0. The SMILES string of the molecule is C=C1C[C@H]1OC(C)(C)C. The highest BCUT2D eigenvalue weighted by molar-refractivity contribution is 5.21. The Kier molecular flexibility index (Phi) is 1.39. The first kappa shape index (κ1) is 6.81. The van der Waals surface area contributed by atoms with Crippen LogP contribution in [0.4, 0.5) is 0 Å². The average Bonchev–Trinajstić information content (AvgIpc) is 2.13. The van der Waals surface area contributed by atoms with Crippen molar-refractivity contribution in [3.8, 4) is 0 Å². The van der Waals surface area contributed by atoms with Crippen molar-refractivity contribution in [3.63, 3.8) is 0 Å². The Labute approximate surface area is 56.7 Å². The predicted molar refractivity (Wildman–Crippen MR) is 38.4 cm³/mol. The Morgan fingerprint density at radius 3 is 2.11 bits per heavy atom.